The third-order valence-corrected chi connectivity index (χ3v) is 1.67. The molecule has 1 aromatic carbocycles. The maximum absolute atomic E-state index is 5.03. The summed E-state index contributed by atoms with van der Waals surface area (Å²) in [5.41, 5.74) is 2.91. The van der Waals surface area contributed by atoms with Crippen LogP contribution in [0.2, 0.25) is 0 Å². The van der Waals surface area contributed by atoms with E-state index in [9.17, 15) is 0 Å². The number of fused-ring (bicyclic) bond motifs is 1. The van der Waals surface area contributed by atoms with Gasteiger partial charge in [-0.2, -0.15) is 0 Å². The highest BCUT2D eigenvalue weighted by Crippen LogP contribution is 2.30. The topological polar surface area (TPSA) is 9.23 Å². The first-order chi connectivity index (χ1) is 4.40. The van der Waals surface area contributed by atoms with Gasteiger partial charge in [0.05, 0.1) is 7.11 Å². The largest absolute Gasteiger partial charge is 0.497 e. The molecule has 0 atom stereocenters. The molecule has 0 N–H and O–H groups in total. The van der Waals surface area contributed by atoms with Crippen LogP contribution in [0.3, 0.4) is 0 Å². The molecule has 2 rings (SSSR count). The second-order valence-electron chi connectivity index (χ2n) is 2.31. The summed E-state index contributed by atoms with van der Waals surface area (Å²) in [5.74, 6) is 0.978. The maximum atomic E-state index is 5.03. The molecule has 0 fully saturated rings. The van der Waals surface area contributed by atoms with Crippen LogP contribution in [-0.2, 0) is 6.42 Å². The first kappa shape index (κ1) is 4.86. The quantitative estimate of drug-likeness (QED) is 0.555. The molecule has 0 radical (unpaired) electrons. The third kappa shape index (κ3) is 0.689. The SMILES string of the molecule is COc1ccc2c(c1)C2. The number of benzene rings is 1. The Kier molecular flexibility index (Phi) is 0.810. The zero-order valence-electron chi connectivity index (χ0n) is 5.35. The van der Waals surface area contributed by atoms with Crippen molar-refractivity contribution in [1.29, 1.82) is 0 Å². The van der Waals surface area contributed by atoms with Gasteiger partial charge in [0.2, 0.25) is 0 Å². The lowest BCUT2D eigenvalue weighted by Crippen LogP contribution is -1.78. The lowest BCUT2D eigenvalue weighted by Gasteiger charge is -1.93. The molecule has 0 bridgehead atoms. The van der Waals surface area contributed by atoms with E-state index in [4.69, 9.17) is 4.74 Å². The van der Waals surface area contributed by atoms with Crippen LogP contribution in [0.25, 0.3) is 0 Å². The van der Waals surface area contributed by atoms with E-state index in [1.165, 1.54) is 17.5 Å². The van der Waals surface area contributed by atoms with Crippen molar-refractivity contribution in [2.24, 2.45) is 0 Å². The molecule has 0 amide bonds. The van der Waals surface area contributed by atoms with Crippen LogP contribution in [0, 0.1) is 0 Å². The Morgan fingerprint density at radius 2 is 2.22 bits per heavy atom. The van der Waals surface area contributed by atoms with E-state index in [1.807, 2.05) is 6.07 Å². The van der Waals surface area contributed by atoms with Crippen LogP contribution in [0.5, 0.6) is 5.75 Å². The molecule has 0 aliphatic heterocycles. The van der Waals surface area contributed by atoms with Crippen LogP contribution in [0.1, 0.15) is 11.1 Å². The monoisotopic (exact) mass is 120 g/mol. The molecule has 9 heavy (non-hydrogen) atoms. The zero-order valence-corrected chi connectivity index (χ0v) is 5.35. The van der Waals surface area contributed by atoms with Crippen molar-refractivity contribution in [3.05, 3.63) is 29.3 Å². The molecule has 1 aromatic rings. The van der Waals surface area contributed by atoms with Crippen molar-refractivity contribution in [1.82, 2.24) is 0 Å². The average Bonchev–Trinajstić information content (AvgIpc) is 2.64. The Bertz CT molecular complexity index is 240. The van der Waals surface area contributed by atoms with Gasteiger partial charge in [-0.15, -0.1) is 0 Å². The van der Waals surface area contributed by atoms with E-state index in [0.717, 1.165) is 5.75 Å². The average molecular weight is 120 g/mol. The minimum absolute atomic E-state index is 0.978. The molecule has 0 heterocycles. The van der Waals surface area contributed by atoms with Crippen molar-refractivity contribution in [3.63, 3.8) is 0 Å². The smallest absolute Gasteiger partial charge is 0.119 e. The Hall–Kier alpha value is -0.980. The molecule has 0 saturated heterocycles. The van der Waals surface area contributed by atoms with Gasteiger partial charge in [0.25, 0.3) is 0 Å². The summed E-state index contributed by atoms with van der Waals surface area (Å²) in [6.45, 7) is 0. The number of rotatable bonds is 1. The lowest BCUT2D eigenvalue weighted by atomic mass is 10.3. The van der Waals surface area contributed by atoms with Crippen LogP contribution in [0.4, 0.5) is 0 Å². The van der Waals surface area contributed by atoms with Crippen LogP contribution < -0.4 is 4.74 Å². The second-order valence-corrected chi connectivity index (χ2v) is 2.31. The third-order valence-electron chi connectivity index (χ3n) is 1.67. The fourth-order valence-corrected chi connectivity index (χ4v) is 1.00. The molecule has 1 nitrogen and oxygen atoms in total. The summed E-state index contributed by atoms with van der Waals surface area (Å²) < 4.78 is 5.03. The van der Waals surface area contributed by atoms with Crippen LogP contribution in [0.15, 0.2) is 18.2 Å². The Balaban J connectivity index is 2.44. The van der Waals surface area contributed by atoms with E-state index in [1.54, 1.807) is 7.11 Å². The van der Waals surface area contributed by atoms with Crippen molar-refractivity contribution in [2.45, 2.75) is 6.42 Å². The van der Waals surface area contributed by atoms with Gasteiger partial charge in [-0.05, 0) is 29.7 Å². The van der Waals surface area contributed by atoms with Crippen LogP contribution >= 0.6 is 0 Å². The number of hydrogen-bond acceptors (Lipinski definition) is 1. The van der Waals surface area contributed by atoms with Gasteiger partial charge < -0.3 is 4.74 Å². The Morgan fingerprint density at radius 1 is 1.33 bits per heavy atom. The van der Waals surface area contributed by atoms with Gasteiger partial charge in [0, 0.05) is 0 Å². The molecule has 1 heteroatoms. The number of hydrogen-bond donors (Lipinski definition) is 0. The van der Waals surface area contributed by atoms with E-state index in [-0.39, 0.29) is 0 Å². The predicted octanol–water partition coefficient (Wildman–Crippen LogP) is 1.60. The van der Waals surface area contributed by atoms with Gasteiger partial charge in [-0.1, -0.05) is 6.07 Å². The molecular weight excluding hydrogens is 112 g/mol. The predicted molar refractivity (Wildman–Crippen MR) is 35.8 cm³/mol. The molecular formula is C8H8O. The van der Waals surface area contributed by atoms with Gasteiger partial charge in [-0.3, -0.25) is 0 Å². The summed E-state index contributed by atoms with van der Waals surface area (Å²) in [6.07, 6.45) is 1.17. The Morgan fingerprint density at radius 3 is 2.89 bits per heavy atom. The highest BCUT2D eigenvalue weighted by atomic mass is 16.5. The molecule has 0 aromatic heterocycles. The summed E-state index contributed by atoms with van der Waals surface area (Å²) >= 11 is 0. The first-order valence-corrected chi connectivity index (χ1v) is 3.06. The van der Waals surface area contributed by atoms with Gasteiger partial charge in [-0.25, -0.2) is 0 Å². The first-order valence-electron chi connectivity index (χ1n) is 3.06. The number of ether oxygens (including phenoxy) is 1. The van der Waals surface area contributed by atoms with E-state index >= 15 is 0 Å². The standard InChI is InChI=1S/C8H8O/c1-9-8-3-2-6-4-7(6)5-8/h2-3,5H,4H2,1H3. The molecule has 1 aliphatic carbocycles. The van der Waals surface area contributed by atoms with Gasteiger partial charge >= 0.3 is 0 Å². The summed E-state index contributed by atoms with van der Waals surface area (Å²) in [4.78, 5) is 0. The minimum atomic E-state index is 0.978. The van der Waals surface area contributed by atoms with E-state index in [0.29, 0.717) is 0 Å². The van der Waals surface area contributed by atoms with Gasteiger partial charge in [0.15, 0.2) is 0 Å². The fraction of sp³-hybridized carbons (Fsp3) is 0.250. The molecule has 0 saturated carbocycles. The van der Waals surface area contributed by atoms with Crippen molar-refractivity contribution >= 4 is 0 Å². The normalized spacial score (nSPS) is 12.6. The summed E-state index contributed by atoms with van der Waals surface area (Å²) in [5, 5.41) is 0. The fourth-order valence-electron chi connectivity index (χ4n) is 1.00. The molecule has 1 aliphatic rings. The van der Waals surface area contributed by atoms with E-state index in [2.05, 4.69) is 12.1 Å². The lowest BCUT2D eigenvalue weighted by molar-refractivity contribution is 0.415. The van der Waals surface area contributed by atoms with Crippen LogP contribution in [-0.4, -0.2) is 7.11 Å². The Labute approximate surface area is 54.3 Å². The van der Waals surface area contributed by atoms with Crippen molar-refractivity contribution in [3.8, 4) is 5.75 Å². The summed E-state index contributed by atoms with van der Waals surface area (Å²) in [6, 6.07) is 6.22. The molecule has 0 spiro atoms. The molecule has 0 unspecified atom stereocenters. The second kappa shape index (κ2) is 1.50. The highest BCUT2D eigenvalue weighted by Gasteiger charge is 2.15. The molecule has 46 valence electrons. The summed E-state index contributed by atoms with van der Waals surface area (Å²) in [7, 11) is 1.70. The van der Waals surface area contributed by atoms with Crippen molar-refractivity contribution in [2.75, 3.05) is 7.11 Å². The number of methoxy groups -OCH3 is 1. The highest BCUT2D eigenvalue weighted by molar-refractivity contribution is 5.49. The maximum Gasteiger partial charge on any atom is 0.119 e. The zero-order chi connectivity index (χ0) is 6.27. The minimum Gasteiger partial charge on any atom is -0.497 e. The van der Waals surface area contributed by atoms with Gasteiger partial charge in [0.1, 0.15) is 5.75 Å². The van der Waals surface area contributed by atoms with Crippen molar-refractivity contribution < 1.29 is 4.74 Å². The van der Waals surface area contributed by atoms with E-state index < -0.39 is 0 Å².